The van der Waals surface area contributed by atoms with E-state index < -0.39 is 0 Å². The van der Waals surface area contributed by atoms with Crippen LogP contribution in [0.15, 0.2) is 48.5 Å². The molecule has 0 radical (unpaired) electrons. The maximum absolute atomic E-state index is 12.9. The molecule has 0 fully saturated rings. The summed E-state index contributed by atoms with van der Waals surface area (Å²) in [6, 6.07) is 14.2. The number of hydrogen-bond acceptors (Lipinski definition) is 3. The van der Waals surface area contributed by atoms with E-state index in [4.69, 9.17) is 0 Å². The maximum atomic E-state index is 12.9. The van der Waals surface area contributed by atoms with Gasteiger partial charge in [-0.05, 0) is 49.5 Å². The number of urea groups is 1. The minimum Gasteiger partial charge on any atom is -0.378 e. The topological polar surface area (TPSA) is 47.6 Å². The van der Waals surface area contributed by atoms with Crippen LogP contribution >= 0.6 is 0 Å². The van der Waals surface area contributed by atoms with E-state index in [9.17, 15) is 9.18 Å². The quantitative estimate of drug-likeness (QED) is 0.800. The van der Waals surface area contributed by atoms with Gasteiger partial charge in [-0.3, -0.25) is 0 Å². The van der Waals surface area contributed by atoms with Crippen LogP contribution < -0.4 is 15.5 Å². The Morgan fingerprint density at radius 3 is 2.12 bits per heavy atom. The van der Waals surface area contributed by atoms with E-state index >= 15 is 0 Å². The number of benzene rings is 2. The van der Waals surface area contributed by atoms with E-state index in [2.05, 4.69) is 44.7 Å². The molecular formula is C20H27FN4O. The van der Waals surface area contributed by atoms with Crippen LogP contribution in [0.2, 0.25) is 0 Å². The third-order valence-electron chi connectivity index (χ3n) is 4.24. The molecule has 1 atom stereocenters. The van der Waals surface area contributed by atoms with Gasteiger partial charge in [-0.2, -0.15) is 0 Å². The largest absolute Gasteiger partial charge is 0.378 e. The molecule has 0 aliphatic carbocycles. The maximum Gasteiger partial charge on any atom is 0.315 e. The van der Waals surface area contributed by atoms with Gasteiger partial charge in [0.05, 0.1) is 6.04 Å². The number of rotatable bonds is 7. The monoisotopic (exact) mass is 358 g/mol. The highest BCUT2D eigenvalue weighted by atomic mass is 19.1. The Kier molecular flexibility index (Phi) is 6.97. The molecule has 0 saturated heterocycles. The molecule has 2 aromatic rings. The molecule has 0 aliphatic heterocycles. The molecule has 0 aromatic heterocycles. The zero-order valence-corrected chi connectivity index (χ0v) is 15.8. The lowest BCUT2D eigenvalue weighted by Gasteiger charge is -2.26. The van der Waals surface area contributed by atoms with Crippen LogP contribution in [-0.4, -0.2) is 45.7 Å². The lowest BCUT2D eigenvalue weighted by molar-refractivity contribution is 0.232. The van der Waals surface area contributed by atoms with Crippen molar-refractivity contribution in [3.05, 3.63) is 65.5 Å². The smallest absolute Gasteiger partial charge is 0.315 e. The predicted octanol–water partition coefficient (Wildman–Crippen LogP) is 2.99. The highest BCUT2D eigenvalue weighted by Gasteiger charge is 2.15. The molecule has 0 bridgehead atoms. The van der Waals surface area contributed by atoms with Gasteiger partial charge in [0.2, 0.25) is 0 Å². The number of anilines is 1. The first-order chi connectivity index (χ1) is 12.4. The van der Waals surface area contributed by atoms with E-state index in [0.717, 1.165) is 16.8 Å². The average molecular weight is 358 g/mol. The van der Waals surface area contributed by atoms with Crippen molar-refractivity contribution >= 4 is 11.7 Å². The van der Waals surface area contributed by atoms with Gasteiger partial charge in [0.1, 0.15) is 5.82 Å². The number of nitrogens with one attached hydrogen (secondary N) is 2. The Morgan fingerprint density at radius 2 is 1.58 bits per heavy atom. The number of nitrogens with zero attached hydrogens (tertiary/aromatic N) is 2. The van der Waals surface area contributed by atoms with Gasteiger partial charge in [-0.15, -0.1) is 0 Å². The minimum absolute atomic E-state index is 0.0720. The number of halogens is 1. The number of hydrogen-bond donors (Lipinski definition) is 2. The molecule has 5 nitrogen and oxygen atoms in total. The molecule has 0 heterocycles. The molecule has 0 saturated carbocycles. The van der Waals surface area contributed by atoms with Crippen molar-refractivity contribution in [2.75, 3.05) is 39.6 Å². The van der Waals surface area contributed by atoms with Crippen molar-refractivity contribution in [3.63, 3.8) is 0 Å². The number of amides is 2. The third kappa shape index (κ3) is 5.74. The van der Waals surface area contributed by atoms with Crippen molar-refractivity contribution in [3.8, 4) is 0 Å². The SMILES string of the molecule is CN(C)c1ccc([C@H](CNC(=O)NCc2ccc(F)cc2)N(C)C)cc1. The molecule has 2 N–H and O–H groups in total. The van der Waals surface area contributed by atoms with Crippen molar-refractivity contribution in [1.82, 2.24) is 15.5 Å². The van der Waals surface area contributed by atoms with Gasteiger partial charge in [0, 0.05) is 32.9 Å². The Balaban J connectivity index is 1.89. The van der Waals surface area contributed by atoms with E-state index in [1.807, 2.05) is 28.2 Å². The van der Waals surface area contributed by atoms with Crippen LogP contribution in [0.25, 0.3) is 0 Å². The average Bonchev–Trinajstić information content (AvgIpc) is 2.61. The summed E-state index contributed by atoms with van der Waals surface area (Å²) in [5.74, 6) is -0.285. The van der Waals surface area contributed by atoms with E-state index in [0.29, 0.717) is 13.1 Å². The molecule has 2 aromatic carbocycles. The zero-order valence-electron chi connectivity index (χ0n) is 15.8. The first-order valence-corrected chi connectivity index (χ1v) is 8.56. The summed E-state index contributed by atoms with van der Waals surface area (Å²) < 4.78 is 12.9. The van der Waals surface area contributed by atoms with Gasteiger partial charge in [-0.1, -0.05) is 24.3 Å². The summed E-state index contributed by atoms with van der Waals surface area (Å²) in [5, 5.41) is 5.70. The second-order valence-corrected chi connectivity index (χ2v) is 6.66. The molecule has 2 rings (SSSR count). The van der Waals surface area contributed by atoms with Crippen LogP contribution in [0.4, 0.5) is 14.9 Å². The summed E-state index contributed by atoms with van der Waals surface area (Å²) in [4.78, 5) is 16.2. The van der Waals surface area contributed by atoms with Crippen LogP contribution in [0, 0.1) is 5.82 Å². The van der Waals surface area contributed by atoms with Crippen LogP contribution in [0.3, 0.4) is 0 Å². The number of carbonyl (C=O) groups is 1. The lowest BCUT2D eigenvalue weighted by atomic mass is 10.1. The van der Waals surface area contributed by atoms with Gasteiger partial charge in [0.15, 0.2) is 0 Å². The van der Waals surface area contributed by atoms with Crippen LogP contribution in [-0.2, 0) is 6.54 Å². The van der Waals surface area contributed by atoms with Crippen molar-refractivity contribution in [1.29, 1.82) is 0 Å². The summed E-state index contributed by atoms with van der Waals surface area (Å²) in [7, 11) is 7.99. The Bertz CT molecular complexity index is 699. The van der Waals surface area contributed by atoms with E-state index in [1.54, 1.807) is 12.1 Å². The van der Waals surface area contributed by atoms with Crippen molar-refractivity contribution in [2.45, 2.75) is 12.6 Å². The second-order valence-electron chi connectivity index (χ2n) is 6.66. The highest BCUT2D eigenvalue weighted by Crippen LogP contribution is 2.20. The van der Waals surface area contributed by atoms with Crippen LogP contribution in [0.1, 0.15) is 17.2 Å². The molecule has 0 unspecified atom stereocenters. The van der Waals surface area contributed by atoms with E-state index in [-0.39, 0.29) is 17.9 Å². The van der Waals surface area contributed by atoms with Gasteiger partial charge >= 0.3 is 6.03 Å². The first kappa shape index (κ1) is 19.7. The van der Waals surface area contributed by atoms with Crippen molar-refractivity contribution in [2.24, 2.45) is 0 Å². The summed E-state index contributed by atoms with van der Waals surface area (Å²) in [6.45, 7) is 0.847. The lowest BCUT2D eigenvalue weighted by Crippen LogP contribution is -2.40. The molecular weight excluding hydrogens is 331 g/mol. The van der Waals surface area contributed by atoms with Gasteiger partial charge in [0.25, 0.3) is 0 Å². The standard InChI is InChI=1S/C20H27FN4O/c1-24(2)18-11-7-16(8-12-18)19(25(3)4)14-23-20(26)22-13-15-5-9-17(21)10-6-15/h5-12,19H,13-14H2,1-4H3,(H2,22,23,26)/t19-/m0/s1. The van der Waals surface area contributed by atoms with E-state index in [1.165, 1.54) is 12.1 Å². The summed E-state index contributed by atoms with van der Waals surface area (Å²) >= 11 is 0. The Morgan fingerprint density at radius 1 is 0.962 bits per heavy atom. The fourth-order valence-electron chi connectivity index (χ4n) is 2.63. The number of likely N-dealkylation sites (N-methyl/N-ethyl adjacent to an activating group) is 1. The summed E-state index contributed by atoms with van der Waals surface area (Å²) in [6.07, 6.45) is 0. The zero-order chi connectivity index (χ0) is 19.1. The normalized spacial score (nSPS) is 11.9. The minimum atomic E-state index is -0.285. The highest BCUT2D eigenvalue weighted by molar-refractivity contribution is 5.73. The molecule has 6 heteroatoms. The Hall–Kier alpha value is -2.60. The van der Waals surface area contributed by atoms with Gasteiger partial charge in [-0.25, -0.2) is 9.18 Å². The predicted molar refractivity (Wildman–Crippen MR) is 104 cm³/mol. The van der Waals surface area contributed by atoms with Crippen molar-refractivity contribution < 1.29 is 9.18 Å². The summed E-state index contributed by atoms with van der Waals surface area (Å²) in [5.41, 5.74) is 3.13. The Labute approximate surface area is 154 Å². The molecule has 26 heavy (non-hydrogen) atoms. The molecule has 0 aliphatic rings. The van der Waals surface area contributed by atoms with Crippen LogP contribution in [0.5, 0.6) is 0 Å². The molecule has 2 amide bonds. The van der Waals surface area contributed by atoms with Gasteiger partial charge < -0.3 is 20.4 Å². The fourth-order valence-corrected chi connectivity index (χ4v) is 2.63. The number of carbonyl (C=O) groups excluding carboxylic acids is 1. The fraction of sp³-hybridized carbons (Fsp3) is 0.350. The third-order valence-corrected chi connectivity index (χ3v) is 4.24. The second kappa shape index (κ2) is 9.20. The molecule has 0 spiro atoms. The first-order valence-electron chi connectivity index (χ1n) is 8.56. The molecule has 140 valence electrons.